The second-order valence-electron chi connectivity index (χ2n) is 4.27. The van der Waals surface area contributed by atoms with Gasteiger partial charge >= 0.3 is 0 Å². The van der Waals surface area contributed by atoms with Crippen molar-refractivity contribution >= 4 is 0 Å². The Hall–Kier alpha value is -0.160. The highest BCUT2D eigenvalue weighted by atomic mass is 16.5. The molecule has 0 bridgehead atoms. The number of hydrogen-bond donors (Lipinski definition) is 2. The Morgan fingerprint density at radius 2 is 2.14 bits per heavy atom. The predicted octanol–water partition coefficient (Wildman–Crippen LogP) is 0.119. The molecule has 0 aliphatic carbocycles. The smallest absolute Gasteiger partial charge is 0.0626 e. The molecular weight excluding hydrogens is 180 g/mol. The molecular formula is C10H22N2O2. The lowest BCUT2D eigenvalue weighted by molar-refractivity contribution is 0.0436. The first-order valence-corrected chi connectivity index (χ1v) is 5.23. The summed E-state index contributed by atoms with van der Waals surface area (Å²) in [6.45, 7) is 5.35. The van der Waals surface area contributed by atoms with Crippen molar-refractivity contribution in [3.8, 4) is 0 Å². The van der Waals surface area contributed by atoms with Gasteiger partial charge in [0.2, 0.25) is 0 Å². The van der Waals surface area contributed by atoms with E-state index in [1.807, 2.05) is 0 Å². The van der Waals surface area contributed by atoms with Crippen molar-refractivity contribution in [2.45, 2.75) is 31.3 Å². The fourth-order valence-electron chi connectivity index (χ4n) is 1.65. The van der Waals surface area contributed by atoms with E-state index in [2.05, 4.69) is 12.2 Å². The lowest BCUT2D eigenvalue weighted by atomic mass is 9.92. The van der Waals surface area contributed by atoms with E-state index in [0.717, 1.165) is 32.6 Å². The maximum atomic E-state index is 5.84. The standard InChI is InChI=1S/C10H22N2O2/c1-10(3-5-14-6-4-10)12-7-9(11)8-13-2/h9,12H,3-8,11H2,1-2H3. The minimum Gasteiger partial charge on any atom is -0.383 e. The van der Waals surface area contributed by atoms with Crippen LogP contribution in [0.25, 0.3) is 0 Å². The van der Waals surface area contributed by atoms with E-state index >= 15 is 0 Å². The summed E-state index contributed by atoms with van der Waals surface area (Å²) in [5.41, 5.74) is 6.04. The Morgan fingerprint density at radius 1 is 1.50 bits per heavy atom. The molecule has 0 aromatic carbocycles. The summed E-state index contributed by atoms with van der Waals surface area (Å²) in [5, 5.41) is 3.50. The van der Waals surface area contributed by atoms with Gasteiger partial charge in [0, 0.05) is 38.4 Å². The third kappa shape index (κ3) is 3.92. The number of ether oxygens (including phenoxy) is 2. The Labute approximate surface area is 86.1 Å². The van der Waals surface area contributed by atoms with Gasteiger partial charge in [-0.25, -0.2) is 0 Å². The lowest BCUT2D eigenvalue weighted by Gasteiger charge is -2.35. The molecule has 0 saturated carbocycles. The molecule has 4 heteroatoms. The lowest BCUT2D eigenvalue weighted by Crippen LogP contribution is -2.51. The highest BCUT2D eigenvalue weighted by Crippen LogP contribution is 2.19. The molecule has 1 rings (SSSR count). The monoisotopic (exact) mass is 202 g/mol. The van der Waals surface area contributed by atoms with E-state index in [1.54, 1.807) is 7.11 Å². The molecule has 0 spiro atoms. The van der Waals surface area contributed by atoms with Gasteiger partial charge in [0.25, 0.3) is 0 Å². The summed E-state index contributed by atoms with van der Waals surface area (Å²) >= 11 is 0. The Balaban J connectivity index is 2.21. The summed E-state index contributed by atoms with van der Waals surface area (Å²) in [6.07, 6.45) is 2.12. The molecule has 1 aliphatic rings. The highest BCUT2D eigenvalue weighted by molar-refractivity contribution is 4.86. The van der Waals surface area contributed by atoms with Gasteiger partial charge in [-0.1, -0.05) is 0 Å². The van der Waals surface area contributed by atoms with Gasteiger partial charge in [-0.2, -0.15) is 0 Å². The fourth-order valence-corrected chi connectivity index (χ4v) is 1.65. The van der Waals surface area contributed by atoms with Gasteiger partial charge in [-0.05, 0) is 19.8 Å². The van der Waals surface area contributed by atoms with Gasteiger partial charge in [0.05, 0.1) is 6.61 Å². The molecule has 1 heterocycles. The van der Waals surface area contributed by atoms with Crippen LogP contribution in [0.2, 0.25) is 0 Å². The van der Waals surface area contributed by atoms with Crippen LogP contribution < -0.4 is 11.1 Å². The molecule has 1 unspecified atom stereocenters. The van der Waals surface area contributed by atoms with E-state index in [0.29, 0.717) is 6.61 Å². The van der Waals surface area contributed by atoms with E-state index in [1.165, 1.54) is 0 Å². The largest absolute Gasteiger partial charge is 0.383 e. The van der Waals surface area contributed by atoms with E-state index < -0.39 is 0 Å². The second kappa shape index (κ2) is 5.66. The third-order valence-electron chi connectivity index (χ3n) is 2.77. The van der Waals surface area contributed by atoms with Crippen molar-refractivity contribution < 1.29 is 9.47 Å². The van der Waals surface area contributed by atoms with Crippen LogP contribution in [0.15, 0.2) is 0 Å². The molecule has 1 atom stereocenters. The number of nitrogens with one attached hydrogen (secondary N) is 1. The molecule has 14 heavy (non-hydrogen) atoms. The molecule has 4 nitrogen and oxygen atoms in total. The molecule has 0 amide bonds. The second-order valence-corrected chi connectivity index (χ2v) is 4.27. The first kappa shape index (κ1) is 11.9. The highest BCUT2D eigenvalue weighted by Gasteiger charge is 2.26. The molecule has 3 N–H and O–H groups in total. The molecule has 1 saturated heterocycles. The van der Waals surface area contributed by atoms with Crippen molar-refractivity contribution in [2.24, 2.45) is 5.73 Å². The van der Waals surface area contributed by atoms with Crippen LogP contribution in [-0.2, 0) is 9.47 Å². The first-order chi connectivity index (χ1) is 6.66. The maximum Gasteiger partial charge on any atom is 0.0626 e. The van der Waals surface area contributed by atoms with Crippen molar-refractivity contribution in [3.63, 3.8) is 0 Å². The Kier molecular flexibility index (Phi) is 4.81. The van der Waals surface area contributed by atoms with Crippen molar-refractivity contribution in [1.29, 1.82) is 0 Å². The summed E-state index contributed by atoms with van der Waals surface area (Å²) in [4.78, 5) is 0. The molecule has 1 fully saturated rings. The zero-order chi connectivity index (χ0) is 10.4. The molecule has 0 aromatic rings. The first-order valence-electron chi connectivity index (χ1n) is 5.23. The van der Waals surface area contributed by atoms with Crippen LogP contribution in [0, 0.1) is 0 Å². The van der Waals surface area contributed by atoms with Gasteiger partial charge in [0.1, 0.15) is 0 Å². The van der Waals surface area contributed by atoms with Crippen molar-refractivity contribution in [2.75, 3.05) is 33.5 Å². The number of rotatable bonds is 5. The molecule has 1 aliphatic heterocycles. The quantitative estimate of drug-likeness (QED) is 0.665. The predicted molar refractivity (Wildman–Crippen MR) is 56.3 cm³/mol. The van der Waals surface area contributed by atoms with E-state index in [4.69, 9.17) is 15.2 Å². The maximum absolute atomic E-state index is 5.84. The number of methoxy groups -OCH3 is 1. The van der Waals surface area contributed by atoms with Crippen LogP contribution in [-0.4, -0.2) is 45.1 Å². The number of hydrogen-bond acceptors (Lipinski definition) is 4. The van der Waals surface area contributed by atoms with Crippen LogP contribution in [0.5, 0.6) is 0 Å². The average Bonchev–Trinajstić information content (AvgIpc) is 2.17. The summed E-state index contributed by atoms with van der Waals surface area (Å²) in [5.74, 6) is 0. The topological polar surface area (TPSA) is 56.5 Å². The molecule has 84 valence electrons. The van der Waals surface area contributed by atoms with E-state index in [-0.39, 0.29) is 11.6 Å². The average molecular weight is 202 g/mol. The summed E-state index contributed by atoms with van der Waals surface area (Å²) in [6, 6.07) is 0.0830. The molecule has 0 radical (unpaired) electrons. The van der Waals surface area contributed by atoms with Crippen molar-refractivity contribution in [1.82, 2.24) is 5.32 Å². The minimum absolute atomic E-state index is 0.0830. The third-order valence-corrected chi connectivity index (χ3v) is 2.77. The van der Waals surface area contributed by atoms with Gasteiger partial charge in [-0.3, -0.25) is 0 Å². The SMILES string of the molecule is COCC(N)CNC1(C)CCOCC1. The zero-order valence-corrected chi connectivity index (χ0v) is 9.21. The summed E-state index contributed by atoms with van der Waals surface area (Å²) in [7, 11) is 1.68. The van der Waals surface area contributed by atoms with Crippen LogP contribution >= 0.6 is 0 Å². The number of nitrogens with two attached hydrogens (primary N) is 1. The van der Waals surface area contributed by atoms with Crippen LogP contribution in [0.4, 0.5) is 0 Å². The Morgan fingerprint density at radius 3 is 2.71 bits per heavy atom. The van der Waals surface area contributed by atoms with Gasteiger partial charge in [0.15, 0.2) is 0 Å². The Bertz CT molecular complexity index is 158. The molecule has 0 aromatic heterocycles. The van der Waals surface area contributed by atoms with Crippen molar-refractivity contribution in [3.05, 3.63) is 0 Å². The normalized spacial score (nSPS) is 23.4. The fraction of sp³-hybridized carbons (Fsp3) is 1.00. The minimum atomic E-state index is 0.0830. The van der Waals surface area contributed by atoms with Gasteiger partial charge < -0.3 is 20.5 Å². The van der Waals surface area contributed by atoms with Crippen LogP contribution in [0.1, 0.15) is 19.8 Å². The van der Waals surface area contributed by atoms with E-state index in [9.17, 15) is 0 Å². The van der Waals surface area contributed by atoms with Crippen LogP contribution in [0.3, 0.4) is 0 Å². The summed E-state index contributed by atoms with van der Waals surface area (Å²) < 4.78 is 10.3. The zero-order valence-electron chi connectivity index (χ0n) is 9.21. The van der Waals surface area contributed by atoms with Gasteiger partial charge in [-0.15, -0.1) is 0 Å².